The minimum Gasteiger partial charge on any atom is -0.370 e. The van der Waals surface area contributed by atoms with Crippen LogP contribution in [0, 0.1) is 6.92 Å². The first-order valence-corrected chi connectivity index (χ1v) is 12.2. The van der Waals surface area contributed by atoms with Crippen LogP contribution in [0.25, 0.3) is 16.7 Å². The van der Waals surface area contributed by atoms with E-state index < -0.39 is 11.8 Å². The van der Waals surface area contributed by atoms with E-state index >= 15 is 0 Å². The van der Waals surface area contributed by atoms with Crippen LogP contribution in [0.4, 0.5) is 5.69 Å². The van der Waals surface area contributed by atoms with E-state index in [1.165, 1.54) is 4.68 Å². The summed E-state index contributed by atoms with van der Waals surface area (Å²) >= 11 is 12.3. The summed E-state index contributed by atoms with van der Waals surface area (Å²) in [5.41, 5.74) is 8.66. The van der Waals surface area contributed by atoms with Crippen molar-refractivity contribution < 1.29 is 14.3 Å². The maximum absolute atomic E-state index is 13.6. The van der Waals surface area contributed by atoms with E-state index in [9.17, 15) is 9.59 Å². The van der Waals surface area contributed by atoms with Crippen molar-refractivity contribution in [1.82, 2.24) is 25.0 Å². The molecule has 3 aromatic heterocycles. The number of carbonyl (C=O) groups excluding carboxylic acids is 2. The summed E-state index contributed by atoms with van der Waals surface area (Å²) in [5.74, 6) is -0.998. The predicted octanol–water partition coefficient (Wildman–Crippen LogP) is 4.83. The molecule has 0 atom stereocenters. The Bertz CT molecular complexity index is 1660. The SMILES string of the molecule is Cc1cc2cn[nH]c2c(C(N)=O)c1NC(=O)c1cc(COCc2ccc(Cl)cc2)nn1-c1ncccc1Cl. The van der Waals surface area contributed by atoms with Crippen molar-refractivity contribution >= 4 is 51.6 Å². The molecule has 0 saturated heterocycles. The molecule has 192 valence electrons. The summed E-state index contributed by atoms with van der Waals surface area (Å²) in [7, 11) is 0. The second-order valence-electron chi connectivity index (χ2n) is 8.46. The van der Waals surface area contributed by atoms with Crippen LogP contribution in [-0.2, 0) is 18.0 Å². The number of nitrogens with one attached hydrogen (secondary N) is 2. The van der Waals surface area contributed by atoms with Gasteiger partial charge < -0.3 is 15.8 Å². The molecule has 0 unspecified atom stereocenters. The van der Waals surface area contributed by atoms with E-state index in [1.54, 1.807) is 55.7 Å². The average Bonchev–Trinajstić information content (AvgIpc) is 3.52. The van der Waals surface area contributed by atoms with Gasteiger partial charge in [-0.25, -0.2) is 9.67 Å². The number of nitrogens with two attached hydrogens (primary N) is 1. The molecular weight excluding hydrogens is 529 g/mol. The van der Waals surface area contributed by atoms with Crippen molar-refractivity contribution in [3.05, 3.63) is 99.0 Å². The zero-order valence-corrected chi connectivity index (χ0v) is 21.5. The van der Waals surface area contributed by atoms with Gasteiger partial charge in [-0.05, 0) is 54.4 Å². The highest BCUT2D eigenvalue weighted by Crippen LogP contribution is 2.29. The van der Waals surface area contributed by atoms with E-state index in [0.29, 0.717) is 38.8 Å². The molecule has 2 amide bonds. The van der Waals surface area contributed by atoms with Gasteiger partial charge in [0.25, 0.3) is 11.8 Å². The monoisotopic (exact) mass is 549 g/mol. The first-order chi connectivity index (χ1) is 18.3. The number of anilines is 1. The van der Waals surface area contributed by atoms with E-state index in [1.807, 2.05) is 12.1 Å². The number of primary amides is 1. The van der Waals surface area contributed by atoms with Crippen LogP contribution in [0.3, 0.4) is 0 Å². The summed E-state index contributed by atoms with van der Waals surface area (Å²) in [4.78, 5) is 30.2. The molecule has 0 aliphatic carbocycles. The molecule has 0 aliphatic heterocycles. The molecule has 0 aliphatic rings. The van der Waals surface area contributed by atoms with Gasteiger partial charge in [0.05, 0.1) is 46.9 Å². The first-order valence-electron chi connectivity index (χ1n) is 11.4. The van der Waals surface area contributed by atoms with E-state index in [-0.39, 0.29) is 29.4 Å². The number of benzene rings is 2. The van der Waals surface area contributed by atoms with Crippen LogP contribution in [0.2, 0.25) is 10.0 Å². The maximum Gasteiger partial charge on any atom is 0.274 e. The summed E-state index contributed by atoms with van der Waals surface area (Å²) in [5, 5.41) is 15.7. The zero-order valence-electron chi connectivity index (χ0n) is 20.0. The lowest BCUT2D eigenvalue weighted by atomic mass is 10.0. The van der Waals surface area contributed by atoms with Crippen molar-refractivity contribution in [2.45, 2.75) is 20.1 Å². The molecule has 0 bridgehead atoms. The van der Waals surface area contributed by atoms with Crippen molar-refractivity contribution in [1.29, 1.82) is 0 Å². The second kappa shape index (κ2) is 10.6. The van der Waals surface area contributed by atoms with Gasteiger partial charge in [0.2, 0.25) is 0 Å². The van der Waals surface area contributed by atoms with E-state index in [2.05, 4.69) is 25.6 Å². The Labute approximate surface area is 226 Å². The average molecular weight is 550 g/mol. The zero-order chi connectivity index (χ0) is 26.8. The number of H-pyrrole nitrogens is 1. The summed E-state index contributed by atoms with van der Waals surface area (Å²) in [6.45, 7) is 2.20. The number of aromatic nitrogens is 5. The Balaban J connectivity index is 1.48. The van der Waals surface area contributed by atoms with Crippen molar-refractivity contribution in [3.8, 4) is 5.82 Å². The molecule has 0 saturated carbocycles. The number of fused-ring (bicyclic) bond motifs is 1. The Morgan fingerprint density at radius 1 is 1.13 bits per heavy atom. The largest absolute Gasteiger partial charge is 0.370 e. The van der Waals surface area contributed by atoms with Crippen LogP contribution in [0.1, 0.15) is 37.7 Å². The summed E-state index contributed by atoms with van der Waals surface area (Å²) < 4.78 is 7.15. The molecule has 0 fully saturated rings. The van der Waals surface area contributed by atoms with Gasteiger partial charge in [-0.15, -0.1) is 0 Å². The van der Waals surface area contributed by atoms with Crippen molar-refractivity contribution in [2.24, 2.45) is 5.73 Å². The van der Waals surface area contributed by atoms with Crippen molar-refractivity contribution in [3.63, 3.8) is 0 Å². The standard InChI is InChI=1S/C26H21Cl2N7O3/c1-14-9-16-11-31-33-23(16)21(24(29)36)22(14)32-26(37)20-10-18(13-38-12-15-4-6-17(27)7-5-15)34-35(20)25-19(28)3-2-8-30-25/h2-11H,12-13H2,1H3,(H2,29,36)(H,31,33)(H,32,37). The maximum atomic E-state index is 13.6. The lowest BCUT2D eigenvalue weighted by molar-refractivity contribution is 0.100. The molecule has 38 heavy (non-hydrogen) atoms. The predicted molar refractivity (Wildman–Crippen MR) is 144 cm³/mol. The molecule has 0 spiro atoms. The number of amides is 2. The number of ether oxygens (including phenoxy) is 1. The van der Waals surface area contributed by atoms with Gasteiger partial charge in [-0.1, -0.05) is 35.3 Å². The number of aryl methyl sites for hydroxylation is 1. The molecule has 0 radical (unpaired) electrons. The van der Waals surface area contributed by atoms with Gasteiger partial charge in [-0.3, -0.25) is 14.7 Å². The second-order valence-corrected chi connectivity index (χ2v) is 9.30. The van der Waals surface area contributed by atoms with E-state index in [4.69, 9.17) is 33.7 Å². The number of nitrogens with zero attached hydrogens (tertiary/aromatic N) is 4. The molecular formula is C26H21Cl2N7O3. The third-order valence-corrected chi connectivity index (χ3v) is 6.33. The van der Waals surface area contributed by atoms with Gasteiger partial charge >= 0.3 is 0 Å². The third-order valence-electron chi connectivity index (χ3n) is 5.78. The highest BCUT2D eigenvalue weighted by atomic mass is 35.5. The fourth-order valence-corrected chi connectivity index (χ4v) is 4.36. The highest BCUT2D eigenvalue weighted by Gasteiger charge is 2.24. The molecule has 4 N–H and O–H groups in total. The lowest BCUT2D eigenvalue weighted by Gasteiger charge is -2.14. The third kappa shape index (κ3) is 5.10. The topological polar surface area (TPSA) is 141 Å². The minimum atomic E-state index is -0.712. The summed E-state index contributed by atoms with van der Waals surface area (Å²) in [6.07, 6.45) is 3.12. The van der Waals surface area contributed by atoms with E-state index in [0.717, 1.165) is 5.56 Å². The molecule has 10 nitrogen and oxygen atoms in total. The first kappa shape index (κ1) is 25.4. The Morgan fingerprint density at radius 2 is 1.92 bits per heavy atom. The number of hydrogen-bond donors (Lipinski definition) is 3. The molecule has 5 rings (SSSR count). The number of hydrogen-bond acceptors (Lipinski definition) is 6. The lowest BCUT2D eigenvalue weighted by Crippen LogP contribution is -2.22. The van der Waals surface area contributed by atoms with Gasteiger partial charge in [-0.2, -0.15) is 10.2 Å². The Kier molecular flexibility index (Phi) is 7.10. The number of pyridine rings is 1. The van der Waals surface area contributed by atoms with Crippen LogP contribution in [-0.4, -0.2) is 36.8 Å². The summed E-state index contributed by atoms with van der Waals surface area (Å²) in [6, 6.07) is 14.0. The molecule has 2 aromatic carbocycles. The highest BCUT2D eigenvalue weighted by molar-refractivity contribution is 6.32. The number of aromatic amines is 1. The Hall–Kier alpha value is -4.25. The minimum absolute atomic E-state index is 0.117. The molecule has 3 heterocycles. The van der Waals surface area contributed by atoms with Crippen LogP contribution in [0.15, 0.2) is 60.9 Å². The molecule has 12 heteroatoms. The number of rotatable bonds is 8. The normalized spacial score (nSPS) is 11.1. The quantitative estimate of drug-likeness (QED) is 0.253. The van der Waals surface area contributed by atoms with Crippen LogP contribution in [0.5, 0.6) is 0 Å². The number of halogens is 2. The van der Waals surface area contributed by atoms with Crippen molar-refractivity contribution in [2.75, 3.05) is 5.32 Å². The fraction of sp³-hybridized carbons (Fsp3) is 0.115. The smallest absolute Gasteiger partial charge is 0.274 e. The molecule has 5 aromatic rings. The van der Waals surface area contributed by atoms with Crippen LogP contribution >= 0.6 is 23.2 Å². The van der Waals surface area contributed by atoms with Crippen LogP contribution < -0.4 is 11.1 Å². The van der Waals surface area contributed by atoms with Gasteiger partial charge in [0, 0.05) is 16.6 Å². The van der Waals surface area contributed by atoms with Gasteiger partial charge in [0.1, 0.15) is 5.69 Å². The van der Waals surface area contributed by atoms with Gasteiger partial charge in [0.15, 0.2) is 5.82 Å². The Morgan fingerprint density at radius 3 is 2.66 bits per heavy atom. The fourth-order valence-electron chi connectivity index (χ4n) is 4.03. The number of carbonyl (C=O) groups is 2.